The van der Waals surface area contributed by atoms with Crippen molar-refractivity contribution in [3.63, 3.8) is 0 Å². The molecule has 4 saturated carbocycles. The zero-order chi connectivity index (χ0) is 21.1. The van der Waals surface area contributed by atoms with Gasteiger partial charge in [0.25, 0.3) is 0 Å². The minimum Gasteiger partial charge on any atom is -0.481 e. The molecule has 0 radical (unpaired) electrons. The topological polar surface area (TPSA) is 98.0 Å². The third-order valence-corrected chi connectivity index (χ3v) is 10.3. The van der Waals surface area contributed by atoms with Gasteiger partial charge in [-0.3, -0.25) is 4.79 Å². The highest BCUT2D eigenvalue weighted by atomic mass is 16.4. The van der Waals surface area contributed by atoms with E-state index in [-0.39, 0.29) is 47.4 Å². The maximum atomic E-state index is 11.5. The Morgan fingerprint density at radius 3 is 2.41 bits per heavy atom. The molecule has 5 heteroatoms. The Hall–Kier alpha value is -0.650. The van der Waals surface area contributed by atoms with E-state index in [0.717, 1.165) is 38.5 Å². The first-order chi connectivity index (χ1) is 13.6. The molecule has 29 heavy (non-hydrogen) atoms. The van der Waals surface area contributed by atoms with E-state index in [0.29, 0.717) is 36.5 Å². The highest BCUT2D eigenvalue weighted by Gasteiger charge is 2.65. The second-order valence-corrected chi connectivity index (χ2v) is 11.4. The second-order valence-electron chi connectivity index (χ2n) is 11.4. The number of aliphatic hydroxyl groups excluding tert-OH is 3. The largest absolute Gasteiger partial charge is 0.481 e. The fraction of sp³-hybridized carbons (Fsp3) is 0.958. The summed E-state index contributed by atoms with van der Waals surface area (Å²) in [7, 11) is 0. The number of rotatable bonds is 4. The van der Waals surface area contributed by atoms with Gasteiger partial charge in [0, 0.05) is 6.42 Å². The monoisotopic (exact) mass is 408 g/mol. The lowest BCUT2D eigenvalue weighted by atomic mass is 9.43. The van der Waals surface area contributed by atoms with Crippen molar-refractivity contribution < 1.29 is 25.2 Å². The Kier molecular flexibility index (Phi) is 5.57. The number of aliphatic hydroxyl groups is 3. The van der Waals surface area contributed by atoms with Crippen LogP contribution in [0.25, 0.3) is 0 Å². The third kappa shape index (κ3) is 3.27. The normalized spacial score (nSPS) is 52.9. The molecule has 11 atom stereocenters. The zero-order valence-electron chi connectivity index (χ0n) is 18.3. The summed E-state index contributed by atoms with van der Waals surface area (Å²) in [5, 5.41) is 41.8. The first-order valence-electron chi connectivity index (χ1n) is 11.8. The van der Waals surface area contributed by atoms with E-state index in [4.69, 9.17) is 5.11 Å². The Labute approximate surface area is 174 Å². The molecule has 0 saturated heterocycles. The molecular formula is C24H40O5. The molecule has 5 unspecified atom stereocenters. The van der Waals surface area contributed by atoms with E-state index >= 15 is 0 Å². The van der Waals surface area contributed by atoms with Crippen molar-refractivity contribution in [3.05, 3.63) is 0 Å². The minimum atomic E-state index is -0.741. The third-order valence-electron chi connectivity index (χ3n) is 10.3. The summed E-state index contributed by atoms with van der Waals surface area (Å²) >= 11 is 0. The van der Waals surface area contributed by atoms with Crippen molar-refractivity contribution >= 4 is 5.97 Å². The Balaban J connectivity index is 1.60. The van der Waals surface area contributed by atoms with E-state index < -0.39 is 5.97 Å². The maximum absolute atomic E-state index is 11.5. The second kappa shape index (κ2) is 7.49. The summed E-state index contributed by atoms with van der Waals surface area (Å²) in [5.41, 5.74) is -0.187. The highest BCUT2D eigenvalue weighted by molar-refractivity contribution is 5.66. The van der Waals surface area contributed by atoms with E-state index in [1.807, 2.05) is 0 Å². The molecule has 4 rings (SSSR count). The van der Waals surface area contributed by atoms with Crippen LogP contribution in [0, 0.1) is 46.3 Å². The van der Waals surface area contributed by atoms with Crippen LogP contribution in [0.1, 0.15) is 78.6 Å². The summed E-state index contributed by atoms with van der Waals surface area (Å²) in [6.07, 6.45) is 5.97. The van der Waals surface area contributed by atoms with Gasteiger partial charge in [-0.25, -0.2) is 0 Å². The Morgan fingerprint density at radius 2 is 1.72 bits per heavy atom. The SMILES string of the molecule is CC(CCC(=O)O)C1CC[C@H]2[C@@H]3C[C@H](O)C4C[C@H](O)CCC4(C)[C@H]3C[C@H](O)C12C. The van der Waals surface area contributed by atoms with Gasteiger partial charge < -0.3 is 20.4 Å². The van der Waals surface area contributed by atoms with Crippen LogP contribution >= 0.6 is 0 Å². The van der Waals surface area contributed by atoms with Gasteiger partial charge in [0.2, 0.25) is 0 Å². The zero-order valence-corrected chi connectivity index (χ0v) is 18.3. The number of fused-ring (bicyclic) bond motifs is 5. The van der Waals surface area contributed by atoms with E-state index in [2.05, 4.69) is 20.8 Å². The summed E-state index contributed by atoms with van der Waals surface area (Å²) in [4.78, 5) is 11.1. The van der Waals surface area contributed by atoms with Crippen LogP contribution < -0.4 is 0 Å². The molecule has 0 aromatic rings. The molecule has 4 aliphatic rings. The molecule has 0 aromatic heterocycles. The molecule has 0 heterocycles. The van der Waals surface area contributed by atoms with Crippen molar-refractivity contribution in [2.24, 2.45) is 46.3 Å². The number of hydrogen-bond donors (Lipinski definition) is 4. The average Bonchev–Trinajstić information content (AvgIpc) is 3.02. The van der Waals surface area contributed by atoms with Crippen molar-refractivity contribution in [3.8, 4) is 0 Å². The molecule has 0 aromatic carbocycles. The Morgan fingerprint density at radius 1 is 1.00 bits per heavy atom. The van der Waals surface area contributed by atoms with Gasteiger partial charge in [0.15, 0.2) is 0 Å². The molecule has 0 aliphatic heterocycles. The minimum absolute atomic E-state index is 0.00309. The van der Waals surface area contributed by atoms with Gasteiger partial charge >= 0.3 is 5.97 Å². The fourth-order valence-corrected chi connectivity index (χ4v) is 8.76. The highest BCUT2D eigenvalue weighted by Crippen LogP contribution is 2.68. The van der Waals surface area contributed by atoms with Crippen LogP contribution in [0.2, 0.25) is 0 Å². The van der Waals surface area contributed by atoms with Crippen LogP contribution in [0.3, 0.4) is 0 Å². The lowest BCUT2D eigenvalue weighted by Gasteiger charge is -2.63. The molecule has 5 nitrogen and oxygen atoms in total. The van der Waals surface area contributed by atoms with Gasteiger partial charge in [-0.1, -0.05) is 20.8 Å². The standard InChI is InChI=1S/C24H40O5/c1-13(4-7-22(28)29)16-5-6-17-15-11-20(26)19-10-14(25)8-9-23(19,2)18(15)12-21(27)24(16,17)3/h13-21,25-27H,4-12H2,1-3H3,(H,28,29)/t13?,14-,15+,16?,17+,18+,19?,20+,21+,23?,24?/m1/s1. The van der Waals surface area contributed by atoms with E-state index in [1.54, 1.807) is 0 Å². The molecule has 4 aliphatic carbocycles. The molecule has 166 valence electrons. The first-order valence-corrected chi connectivity index (χ1v) is 11.8. The van der Waals surface area contributed by atoms with E-state index in [9.17, 15) is 20.1 Å². The van der Waals surface area contributed by atoms with Crippen LogP contribution in [0.15, 0.2) is 0 Å². The van der Waals surface area contributed by atoms with Crippen LogP contribution in [0.4, 0.5) is 0 Å². The fourth-order valence-electron chi connectivity index (χ4n) is 8.76. The summed E-state index contributed by atoms with van der Waals surface area (Å²) in [6.45, 7) is 6.72. The molecule has 4 fully saturated rings. The first kappa shape index (κ1) is 21.6. The van der Waals surface area contributed by atoms with Gasteiger partial charge in [-0.15, -0.1) is 0 Å². The predicted octanol–water partition coefficient (Wildman–Crippen LogP) is 3.45. The molecule has 0 amide bonds. The van der Waals surface area contributed by atoms with Gasteiger partial charge in [-0.05, 0) is 97.7 Å². The van der Waals surface area contributed by atoms with Crippen molar-refractivity contribution in [2.45, 2.75) is 96.9 Å². The Bertz CT molecular complexity index is 637. The molecule has 4 N–H and O–H groups in total. The summed E-state index contributed by atoms with van der Waals surface area (Å²) < 4.78 is 0. The van der Waals surface area contributed by atoms with Crippen LogP contribution in [-0.4, -0.2) is 44.7 Å². The molecular weight excluding hydrogens is 368 g/mol. The van der Waals surface area contributed by atoms with Gasteiger partial charge in [-0.2, -0.15) is 0 Å². The van der Waals surface area contributed by atoms with Crippen LogP contribution in [0.5, 0.6) is 0 Å². The number of hydrogen-bond acceptors (Lipinski definition) is 4. The summed E-state index contributed by atoms with van der Waals surface area (Å²) in [5.74, 6) is 1.25. The maximum Gasteiger partial charge on any atom is 0.303 e. The number of carboxylic acids is 1. The average molecular weight is 409 g/mol. The van der Waals surface area contributed by atoms with Crippen molar-refractivity contribution in [1.29, 1.82) is 0 Å². The predicted molar refractivity (Wildman–Crippen MR) is 110 cm³/mol. The van der Waals surface area contributed by atoms with Gasteiger partial charge in [0.05, 0.1) is 18.3 Å². The number of aliphatic carboxylic acids is 1. The quantitative estimate of drug-likeness (QED) is 0.571. The number of carboxylic acid groups (broad SMARTS) is 1. The lowest BCUT2D eigenvalue weighted by Crippen LogP contribution is -2.61. The smallest absolute Gasteiger partial charge is 0.303 e. The van der Waals surface area contributed by atoms with Gasteiger partial charge in [0.1, 0.15) is 0 Å². The van der Waals surface area contributed by atoms with Crippen molar-refractivity contribution in [1.82, 2.24) is 0 Å². The van der Waals surface area contributed by atoms with E-state index in [1.165, 1.54) is 0 Å². The lowest BCUT2D eigenvalue weighted by molar-refractivity contribution is -0.202. The molecule has 0 spiro atoms. The summed E-state index contributed by atoms with van der Waals surface area (Å²) in [6, 6.07) is 0. The van der Waals surface area contributed by atoms with Crippen LogP contribution in [-0.2, 0) is 4.79 Å². The molecule has 0 bridgehead atoms. The number of carbonyl (C=O) groups is 1. The van der Waals surface area contributed by atoms with Crippen molar-refractivity contribution in [2.75, 3.05) is 0 Å².